The highest BCUT2D eigenvalue weighted by molar-refractivity contribution is 7.99. The number of hydrogen-bond donors (Lipinski definition) is 1. The molecule has 0 radical (unpaired) electrons. The molecule has 7 heteroatoms. The van der Waals surface area contributed by atoms with Crippen LogP contribution in [0.3, 0.4) is 0 Å². The number of nitrogens with two attached hydrogens (primary N) is 1. The second-order valence-electron chi connectivity index (χ2n) is 6.55. The largest absolute Gasteiger partial charge is 0.496 e. The van der Waals surface area contributed by atoms with E-state index in [-0.39, 0.29) is 16.8 Å². The first-order chi connectivity index (χ1) is 13.5. The van der Waals surface area contributed by atoms with Gasteiger partial charge in [0.2, 0.25) is 0 Å². The number of halogens is 2. The summed E-state index contributed by atoms with van der Waals surface area (Å²) in [6.45, 7) is 1.71. The summed E-state index contributed by atoms with van der Waals surface area (Å²) in [5.41, 5.74) is 6.30. The van der Waals surface area contributed by atoms with Gasteiger partial charge in [-0.05, 0) is 37.1 Å². The molecule has 0 aromatic heterocycles. The second kappa shape index (κ2) is 9.70. The maximum atomic E-state index is 12.6. The molecule has 0 saturated carbocycles. The summed E-state index contributed by atoms with van der Waals surface area (Å²) in [4.78, 5) is 16.4. The van der Waals surface area contributed by atoms with Crippen LogP contribution in [0.15, 0.2) is 58.5 Å². The Kier molecular flexibility index (Phi) is 7.30. The van der Waals surface area contributed by atoms with Gasteiger partial charge in [0.05, 0.1) is 22.1 Å². The van der Waals surface area contributed by atoms with Crippen molar-refractivity contribution in [2.45, 2.75) is 28.7 Å². The van der Waals surface area contributed by atoms with Crippen LogP contribution in [-0.4, -0.2) is 36.9 Å². The lowest BCUT2D eigenvalue weighted by Crippen LogP contribution is -2.36. The third-order valence-electron chi connectivity index (χ3n) is 4.61. The van der Waals surface area contributed by atoms with Gasteiger partial charge in [0.1, 0.15) is 5.75 Å². The number of likely N-dealkylation sites (tertiary alicyclic amines) is 1. The first-order valence-electron chi connectivity index (χ1n) is 9.00. The highest BCUT2D eigenvalue weighted by Gasteiger charge is 2.17. The van der Waals surface area contributed by atoms with Gasteiger partial charge >= 0.3 is 0 Å². The molecule has 1 saturated heterocycles. The van der Waals surface area contributed by atoms with E-state index in [1.165, 1.54) is 11.8 Å². The molecule has 1 fully saturated rings. The molecule has 28 heavy (non-hydrogen) atoms. The van der Waals surface area contributed by atoms with E-state index in [1.54, 1.807) is 19.3 Å². The van der Waals surface area contributed by atoms with Crippen LogP contribution in [0.4, 0.5) is 0 Å². The van der Waals surface area contributed by atoms with Crippen molar-refractivity contribution < 1.29 is 9.53 Å². The third-order valence-corrected chi connectivity index (χ3v) is 6.72. The normalized spacial score (nSPS) is 15.2. The minimum absolute atomic E-state index is 0.171. The Morgan fingerprint density at radius 2 is 1.86 bits per heavy atom. The SMILES string of the molecule is COc1ccccc1Sc1ccc(C(=O)C=CN2CCC(N)CC2)c(Cl)c1Cl. The van der Waals surface area contributed by atoms with Gasteiger partial charge in [-0.3, -0.25) is 4.79 Å². The minimum Gasteiger partial charge on any atom is -0.496 e. The van der Waals surface area contributed by atoms with Crippen LogP contribution in [-0.2, 0) is 0 Å². The molecule has 4 nitrogen and oxygen atoms in total. The first-order valence-corrected chi connectivity index (χ1v) is 10.6. The van der Waals surface area contributed by atoms with Gasteiger partial charge in [0.25, 0.3) is 0 Å². The summed E-state index contributed by atoms with van der Waals surface area (Å²) < 4.78 is 5.37. The van der Waals surface area contributed by atoms with Crippen LogP contribution >= 0.6 is 35.0 Å². The fourth-order valence-corrected chi connectivity index (χ4v) is 4.51. The molecule has 2 aromatic carbocycles. The van der Waals surface area contributed by atoms with Crippen molar-refractivity contribution in [1.29, 1.82) is 0 Å². The van der Waals surface area contributed by atoms with Crippen molar-refractivity contribution in [3.63, 3.8) is 0 Å². The van der Waals surface area contributed by atoms with Crippen LogP contribution in [0.1, 0.15) is 23.2 Å². The zero-order valence-corrected chi connectivity index (χ0v) is 17.9. The summed E-state index contributed by atoms with van der Waals surface area (Å²) in [5, 5.41) is 0.623. The third kappa shape index (κ3) is 5.03. The fourth-order valence-electron chi connectivity index (χ4n) is 2.95. The molecule has 2 aromatic rings. The Hall–Kier alpha value is -1.66. The first kappa shape index (κ1) is 21.1. The molecule has 3 rings (SSSR count). The molecule has 148 valence electrons. The van der Waals surface area contributed by atoms with Crippen LogP contribution in [0.25, 0.3) is 0 Å². The number of ether oxygens (including phenoxy) is 1. The highest BCUT2D eigenvalue weighted by atomic mass is 35.5. The highest BCUT2D eigenvalue weighted by Crippen LogP contribution is 2.41. The van der Waals surface area contributed by atoms with Crippen LogP contribution in [0.2, 0.25) is 10.0 Å². The molecule has 0 bridgehead atoms. The zero-order chi connectivity index (χ0) is 20.1. The summed E-state index contributed by atoms with van der Waals surface area (Å²) in [6.07, 6.45) is 5.22. The van der Waals surface area contributed by atoms with Crippen molar-refractivity contribution in [1.82, 2.24) is 4.90 Å². The van der Waals surface area contributed by atoms with Gasteiger partial charge in [0.15, 0.2) is 5.78 Å². The van der Waals surface area contributed by atoms with Gasteiger partial charge in [0, 0.05) is 41.9 Å². The molecule has 0 unspecified atom stereocenters. The molecular formula is C21H22Cl2N2O2S. The Bertz CT molecular complexity index is 881. The number of para-hydroxylation sites is 1. The molecule has 2 N–H and O–H groups in total. The molecule has 1 aliphatic rings. The number of allylic oxidation sites excluding steroid dienone is 1. The average Bonchev–Trinajstić information content (AvgIpc) is 2.71. The molecular weight excluding hydrogens is 415 g/mol. The van der Waals surface area contributed by atoms with Crippen LogP contribution in [0.5, 0.6) is 5.75 Å². The maximum absolute atomic E-state index is 12.6. The number of ketones is 1. The standard InChI is InChI=1S/C21H22Cl2N2O2S/c1-27-17-4-2-3-5-18(17)28-19-7-6-15(20(22)21(19)23)16(26)10-13-25-11-8-14(24)9-12-25/h2-7,10,13-14H,8-9,11-12,24H2,1H3. The van der Waals surface area contributed by atoms with E-state index in [9.17, 15) is 4.79 Å². The van der Waals surface area contributed by atoms with E-state index in [4.69, 9.17) is 33.7 Å². The van der Waals surface area contributed by atoms with Crippen molar-refractivity contribution >= 4 is 40.7 Å². The number of carbonyl (C=O) groups is 1. The number of nitrogens with zero attached hydrogens (tertiary/aromatic N) is 1. The lowest BCUT2D eigenvalue weighted by atomic mass is 10.1. The summed E-state index contributed by atoms with van der Waals surface area (Å²) in [5.74, 6) is 0.583. The average molecular weight is 437 g/mol. The predicted octanol–water partition coefficient (Wildman–Crippen LogP) is 5.27. The number of carbonyl (C=O) groups excluding carboxylic acids is 1. The van der Waals surface area contributed by atoms with Crippen LogP contribution < -0.4 is 10.5 Å². The van der Waals surface area contributed by atoms with Crippen LogP contribution in [0, 0.1) is 0 Å². The van der Waals surface area contributed by atoms with E-state index in [2.05, 4.69) is 4.90 Å². The Balaban J connectivity index is 1.75. The Morgan fingerprint density at radius 3 is 2.57 bits per heavy atom. The number of methoxy groups -OCH3 is 1. The van der Waals surface area contributed by atoms with Gasteiger partial charge in [-0.25, -0.2) is 0 Å². The number of rotatable bonds is 6. The summed E-state index contributed by atoms with van der Waals surface area (Å²) in [6, 6.07) is 11.4. The second-order valence-corrected chi connectivity index (χ2v) is 8.39. The molecule has 0 aliphatic carbocycles. The van der Waals surface area contributed by atoms with E-state index < -0.39 is 0 Å². The Labute approximate surface area is 179 Å². The fraction of sp³-hybridized carbons (Fsp3) is 0.286. The lowest BCUT2D eigenvalue weighted by Gasteiger charge is -2.28. The van der Waals surface area contributed by atoms with Gasteiger partial charge in [-0.1, -0.05) is 47.1 Å². The summed E-state index contributed by atoms with van der Waals surface area (Å²) >= 11 is 14.3. The number of piperidine rings is 1. The lowest BCUT2D eigenvalue weighted by molar-refractivity contribution is 0.104. The minimum atomic E-state index is -0.171. The van der Waals surface area contributed by atoms with E-state index >= 15 is 0 Å². The van der Waals surface area contributed by atoms with Gasteiger partial charge in [-0.2, -0.15) is 0 Å². The molecule has 0 amide bonds. The maximum Gasteiger partial charge on any atom is 0.188 e. The number of hydrogen-bond acceptors (Lipinski definition) is 5. The monoisotopic (exact) mass is 436 g/mol. The molecule has 0 atom stereocenters. The van der Waals surface area contributed by atoms with Gasteiger partial charge in [-0.15, -0.1) is 0 Å². The van der Waals surface area contributed by atoms with E-state index in [0.29, 0.717) is 10.6 Å². The van der Waals surface area contributed by atoms with E-state index in [0.717, 1.165) is 41.5 Å². The van der Waals surface area contributed by atoms with E-state index in [1.807, 2.05) is 36.5 Å². The molecule has 1 aliphatic heterocycles. The zero-order valence-electron chi connectivity index (χ0n) is 15.5. The van der Waals surface area contributed by atoms with Gasteiger partial charge < -0.3 is 15.4 Å². The topological polar surface area (TPSA) is 55.6 Å². The van der Waals surface area contributed by atoms with Crippen molar-refractivity contribution in [3.8, 4) is 5.75 Å². The van der Waals surface area contributed by atoms with Crippen molar-refractivity contribution in [2.24, 2.45) is 5.73 Å². The molecule has 0 spiro atoms. The number of benzene rings is 2. The smallest absolute Gasteiger partial charge is 0.188 e. The Morgan fingerprint density at radius 1 is 1.14 bits per heavy atom. The molecule has 1 heterocycles. The van der Waals surface area contributed by atoms with Crippen molar-refractivity contribution in [2.75, 3.05) is 20.2 Å². The summed E-state index contributed by atoms with van der Waals surface area (Å²) in [7, 11) is 1.62. The predicted molar refractivity (Wildman–Crippen MR) is 116 cm³/mol. The quantitative estimate of drug-likeness (QED) is 0.493. The van der Waals surface area contributed by atoms with Crippen molar-refractivity contribution in [3.05, 3.63) is 64.3 Å².